The average molecular weight is 267 g/mol. The van der Waals surface area contributed by atoms with Crippen molar-refractivity contribution in [2.75, 3.05) is 27.2 Å². The Morgan fingerprint density at radius 3 is 2.53 bits per heavy atom. The molecule has 4 heteroatoms. The number of rotatable bonds is 6. The lowest BCUT2D eigenvalue weighted by atomic mass is 9.96. The highest BCUT2D eigenvalue weighted by atomic mass is 19.1. The van der Waals surface area contributed by atoms with Gasteiger partial charge in [-0.1, -0.05) is 20.8 Å². The molecule has 0 fully saturated rings. The Morgan fingerprint density at radius 2 is 2.05 bits per heavy atom. The van der Waals surface area contributed by atoms with E-state index in [-0.39, 0.29) is 11.9 Å². The Bertz CT molecular complexity index is 370. The van der Waals surface area contributed by atoms with Crippen molar-refractivity contribution in [3.05, 3.63) is 29.8 Å². The topological polar surface area (TPSA) is 28.2 Å². The van der Waals surface area contributed by atoms with E-state index in [0.717, 1.165) is 25.2 Å². The maximum absolute atomic E-state index is 12.9. The van der Waals surface area contributed by atoms with Gasteiger partial charge in [-0.3, -0.25) is 4.98 Å². The molecule has 1 unspecified atom stereocenters. The average Bonchev–Trinajstić information content (AvgIpc) is 2.29. The zero-order valence-corrected chi connectivity index (χ0v) is 12.7. The molecule has 0 aliphatic heterocycles. The van der Waals surface area contributed by atoms with E-state index in [0.29, 0.717) is 5.41 Å². The summed E-state index contributed by atoms with van der Waals surface area (Å²) < 4.78 is 12.9. The number of aromatic nitrogens is 1. The van der Waals surface area contributed by atoms with Gasteiger partial charge >= 0.3 is 0 Å². The standard InChI is InChI=1S/C15H26FN3/c1-15(2,3)11-19(5)9-8-13(17-4)14-7-6-12(16)10-18-14/h6-7,10,13,17H,8-9,11H2,1-5H3. The summed E-state index contributed by atoms with van der Waals surface area (Å²) in [7, 11) is 4.05. The molecular weight excluding hydrogens is 241 g/mol. The lowest BCUT2D eigenvalue weighted by Crippen LogP contribution is -2.32. The highest BCUT2D eigenvalue weighted by Crippen LogP contribution is 2.17. The minimum atomic E-state index is -0.288. The fourth-order valence-electron chi connectivity index (χ4n) is 2.27. The molecule has 1 heterocycles. The van der Waals surface area contributed by atoms with Gasteiger partial charge in [-0.05, 0) is 44.6 Å². The summed E-state index contributed by atoms with van der Waals surface area (Å²) in [6.07, 6.45) is 2.24. The summed E-state index contributed by atoms with van der Waals surface area (Å²) >= 11 is 0. The fraction of sp³-hybridized carbons (Fsp3) is 0.667. The van der Waals surface area contributed by atoms with E-state index in [1.54, 1.807) is 6.07 Å². The van der Waals surface area contributed by atoms with Gasteiger partial charge in [0.25, 0.3) is 0 Å². The van der Waals surface area contributed by atoms with E-state index in [1.807, 2.05) is 7.05 Å². The van der Waals surface area contributed by atoms with Crippen LogP contribution in [0.4, 0.5) is 4.39 Å². The maximum atomic E-state index is 12.9. The maximum Gasteiger partial charge on any atom is 0.141 e. The first-order valence-corrected chi connectivity index (χ1v) is 6.79. The molecule has 108 valence electrons. The van der Waals surface area contributed by atoms with E-state index < -0.39 is 0 Å². The van der Waals surface area contributed by atoms with Crippen molar-refractivity contribution in [2.24, 2.45) is 5.41 Å². The van der Waals surface area contributed by atoms with Crippen molar-refractivity contribution in [1.82, 2.24) is 15.2 Å². The third kappa shape index (κ3) is 6.12. The van der Waals surface area contributed by atoms with Crippen molar-refractivity contribution >= 4 is 0 Å². The van der Waals surface area contributed by atoms with Gasteiger partial charge in [0.2, 0.25) is 0 Å². The Hall–Kier alpha value is -1.00. The lowest BCUT2D eigenvalue weighted by molar-refractivity contribution is 0.218. The van der Waals surface area contributed by atoms with Crippen LogP contribution >= 0.6 is 0 Å². The summed E-state index contributed by atoms with van der Waals surface area (Å²) in [6.45, 7) is 8.75. The van der Waals surface area contributed by atoms with E-state index in [1.165, 1.54) is 12.3 Å². The molecule has 0 bridgehead atoms. The number of hydrogen-bond donors (Lipinski definition) is 1. The molecule has 3 nitrogen and oxygen atoms in total. The summed E-state index contributed by atoms with van der Waals surface area (Å²) in [5.74, 6) is -0.288. The molecule has 0 aliphatic carbocycles. The molecule has 19 heavy (non-hydrogen) atoms. The van der Waals surface area contributed by atoms with Crippen LogP contribution in [0.1, 0.15) is 38.9 Å². The largest absolute Gasteiger partial charge is 0.312 e. The molecule has 1 rings (SSSR count). The normalized spacial score (nSPS) is 13.8. The molecule has 1 N–H and O–H groups in total. The van der Waals surface area contributed by atoms with Crippen molar-refractivity contribution in [1.29, 1.82) is 0 Å². The molecule has 1 aromatic heterocycles. The summed E-state index contributed by atoms with van der Waals surface area (Å²) in [6, 6.07) is 3.38. The van der Waals surface area contributed by atoms with Crippen LogP contribution in [0.2, 0.25) is 0 Å². The van der Waals surface area contributed by atoms with Crippen molar-refractivity contribution in [3.63, 3.8) is 0 Å². The van der Waals surface area contributed by atoms with Crippen molar-refractivity contribution in [2.45, 2.75) is 33.2 Å². The predicted molar refractivity (Wildman–Crippen MR) is 77.6 cm³/mol. The van der Waals surface area contributed by atoms with Crippen molar-refractivity contribution < 1.29 is 4.39 Å². The third-order valence-corrected chi connectivity index (χ3v) is 3.00. The van der Waals surface area contributed by atoms with Crippen LogP contribution in [0.25, 0.3) is 0 Å². The fourth-order valence-corrected chi connectivity index (χ4v) is 2.27. The first-order chi connectivity index (χ1) is 8.81. The molecule has 0 spiro atoms. The highest BCUT2D eigenvalue weighted by Gasteiger charge is 2.16. The first kappa shape index (κ1) is 16.1. The number of hydrogen-bond acceptors (Lipinski definition) is 3. The number of halogens is 1. The molecule has 0 radical (unpaired) electrons. The minimum Gasteiger partial charge on any atom is -0.312 e. The van der Waals surface area contributed by atoms with E-state index in [4.69, 9.17) is 0 Å². The van der Waals surface area contributed by atoms with Crippen LogP contribution in [-0.4, -0.2) is 37.1 Å². The summed E-state index contributed by atoms with van der Waals surface area (Å²) in [5, 5.41) is 3.24. The minimum absolute atomic E-state index is 0.169. The SMILES string of the molecule is CNC(CCN(C)CC(C)(C)C)c1ccc(F)cn1. The Balaban J connectivity index is 2.51. The van der Waals surface area contributed by atoms with E-state index in [9.17, 15) is 4.39 Å². The molecule has 0 aromatic carbocycles. The predicted octanol–water partition coefficient (Wildman–Crippen LogP) is 2.85. The smallest absolute Gasteiger partial charge is 0.141 e. The summed E-state index contributed by atoms with van der Waals surface area (Å²) in [5.41, 5.74) is 1.20. The molecule has 1 aromatic rings. The summed E-state index contributed by atoms with van der Waals surface area (Å²) in [4.78, 5) is 6.47. The molecule has 0 saturated carbocycles. The molecule has 1 atom stereocenters. The van der Waals surface area contributed by atoms with Crippen LogP contribution in [0.5, 0.6) is 0 Å². The highest BCUT2D eigenvalue weighted by molar-refractivity contribution is 5.09. The van der Waals surface area contributed by atoms with Crippen LogP contribution in [0, 0.1) is 11.2 Å². The third-order valence-electron chi connectivity index (χ3n) is 3.00. The van der Waals surface area contributed by atoms with Crippen LogP contribution in [0.15, 0.2) is 18.3 Å². The second-order valence-corrected chi connectivity index (χ2v) is 6.33. The monoisotopic (exact) mass is 267 g/mol. The molecule has 0 amide bonds. The molecule has 0 saturated heterocycles. The van der Waals surface area contributed by atoms with E-state index in [2.05, 4.69) is 43.0 Å². The van der Waals surface area contributed by atoms with Gasteiger partial charge in [0, 0.05) is 6.54 Å². The van der Waals surface area contributed by atoms with Gasteiger partial charge in [-0.2, -0.15) is 0 Å². The number of nitrogens with zero attached hydrogens (tertiary/aromatic N) is 2. The van der Waals surface area contributed by atoms with Gasteiger partial charge in [-0.15, -0.1) is 0 Å². The molecule has 0 aliphatic rings. The van der Waals surface area contributed by atoms with Gasteiger partial charge in [0.15, 0.2) is 0 Å². The lowest BCUT2D eigenvalue weighted by Gasteiger charge is -2.27. The van der Waals surface area contributed by atoms with Crippen LogP contribution < -0.4 is 5.32 Å². The van der Waals surface area contributed by atoms with Crippen LogP contribution in [0.3, 0.4) is 0 Å². The van der Waals surface area contributed by atoms with Gasteiger partial charge < -0.3 is 10.2 Å². The first-order valence-electron chi connectivity index (χ1n) is 6.79. The molecular formula is C15H26FN3. The number of nitrogens with one attached hydrogen (secondary N) is 1. The second kappa shape index (κ2) is 6.96. The van der Waals surface area contributed by atoms with Gasteiger partial charge in [0.1, 0.15) is 5.82 Å². The van der Waals surface area contributed by atoms with E-state index >= 15 is 0 Å². The number of pyridine rings is 1. The van der Waals surface area contributed by atoms with Gasteiger partial charge in [-0.25, -0.2) is 4.39 Å². The zero-order chi connectivity index (χ0) is 14.5. The Morgan fingerprint density at radius 1 is 1.37 bits per heavy atom. The Labute approximate surface area is 116 Å². The zero-order valence-electron chi connectivity index (χ0n) is 12.7. The van der Waals surface area contributed by atoms with Crippen LogP contribution in [-0.2, 0) is 0 Å². The van der Waals surface area contributed by atoms with Gasteiger partial charge in [0.05, 0.1) is 17.9 Å². The quantitative estimate of drug-likeness (QED) is 0.859. The Kier molecular flexibility index (Phi) is 5.88. The second-order valence-electron chi connectivity index (χ2n) is 6.33. The van der Waals surface area contributed by atoms with Crippen molar-refractivity contribution in [3.8, 4) is 0 Å².